The standard InChI is InChI=1S/C11H13N5O/c1-16(11(13)17)9-5-3-2-4-7(9)8-6-14-15-10(8)12/h2-6H,1H3,(H2,13,17)(H3,12,14,15). The molecule has 6 nitrogen and oxygen atoms in total. The maximum absolute atomic E-state index is 11.2. The number of carbonyl (C=O) groups is 1. The third-order valence-corrected chi connectivity index (χ3v) is 2.55. The molecule has 0 unspecified atom stereocenters. The van der Waals surface area contributed by atoms with Crippen LogP contribution in [0.1, 0.15) is 0 Å². The van der Waals surface area contributed by atoms with Gasteiger partial charge in [0, 0.05) is 18.2 Å². The van der Waals surface area contributed by atoms with Crippen molar-refractivity contribution in [1.82, 2.24) is 10.2 Å². The van der Waals surface area contributed by atoms with Crippen LogP contribution in [0.2, 0.25) is 0 Å². The molecule has 88 valence electrons. The molecule has 1 heterocycles. The fourth-order valence-electron chi connectivity index (χ4n) is 1.62. The lowest BCUT2D eigenvalue weighted by Gasteiger charge is -2.18. The number of aromatic nitrogens is 2. The Balaban J connectivity index is 2.56. The number of H-pyrrole nitrogens is 1. The minimum atomic E-state index is -0.528. The van der Waals surface area contributed by atoms with E-state index in [0.717, 1.165) is 11.1 Å². The van der Waals surface area contributed by atoms with Crippen molar-refractivity contribution >= 4 is 17.5 Å². The molecule has 2 aromatic rings. The van der Waals surface area contributed by atoms with Crippen molar-refractivity contribution in [1.29, 1.82) is 0 Å². The first-order valence-corrected chi connectivity index (χ1v) is 5.02. The highest BCUT2D eigenvalue weighted by molar-refractivity contribution is 5.96. The van der Waals surface area contributed by atoms with Crippen molar-refractivity contribution in [2.45, 2.75) is 0 Å². The van der Waals surface area contributed by atoms with Crippen LogP contribution in [0.3, 0.4) is 0 Å². The predicted octanol–water partition coefficient (Wildman–Crippen LogP) is 1.17. The molecule has 5 N–H and O–H groups in total. The number of nitrogens with one attached hydrogen (secondary N) is 1. The van der Waals surface area contributed by atoms with Gasteiger partial charge >= 0.3 is 6.03 Å². The Morgan fingerprint density at radius 2 is 2.06 bits per heavy atom. The van der Waals surface area contributed by atoms with E-state index in [0.29, 0.717) is 11.5 Å². The van der Waals surface area contributed by atoms with E-state index in [1.807, 2.05) is 18.2 Å². The second-order valence-electron chi connectivity index (χ2n) is 3.61. The van der Waals surface area contributed by atoms with Crippen LogP contribution in [-0.4, -0.2) is 23.3 Å². The summed E-state index contributed by atoms with van der Waals surface area (Å²) in [7, 11) is 1.61. The van der Waals surface area contributed by atoms with Gasteiger partial charge in [0.25, 0.3) is 0 Å². The molecule has 0 aliphatic carbocycles. The Labute approximate surface area is 98.2 Å². The molecular formula is C11H13N5O. The smallest absolute Gasteiger partial charge is 0.319 e. The molecule has 0 radical (unpaired) electrons. The Bertz CT molecular complexity index is 548. The van der Waals surface area contributed by atoms with E-state index in [1.54, 1.807) is 19.3 Å². The average Bonchev–Trinajstić information content (AvgIpc) is 2.74. The molecule has 2 amide bonds. The number of hydrogen-bond donors (Lipinski definition) is 3. The number of nitrogen functional groups attached to an aromatic ring is 1. The molecular weight excluding hydrogens is 218 g/mol. The van der Waals surface area contributed by atoms with Crippen molar-refractivity contribution in [2.24, 2.45) is 5.73 Å². The van der Waals surface area contributed by atoms with Gasteiger partial charge in [-0.2, -0.15) is 5.10 Å². The molecule has 0 spiro atoms. The summed E-state index contributed by atoms with van der Waals surface area (Å²) in [6.07, 6.45) is 1.61. The lowest BCUT2D eigenvalue weighted by Crippen LogP contribution is -2.32. The number of nitrogens with zero attached hydrogens (tertiary/aromatic N) is 2. The number of rotatable bonds is 2. The first kappa shape index (κ1) is 11.0. The summed E-state index contributed by atoms with van der Waals surface area (Å²) in [5.41, 5.74) is 13.3. The minimum Gasteiger partial charge on any atom is -0.384 e. The van der Waals surface area contributed by atoms with Gasteiger partial charge in [-0.05, 0) is 6.07 Å². The molecule has 0 saturated heterocycles. The number of primary amides is 1. The van der Waals surface area contributed by atoms with E-state index < -0.39 is 6.03 Å². The fraction of sp³-hybridized carbons (Fsp3) is 0.0909. The maximum Gasteiger partial charge on any atom is 0.319 e. The van der Waals surface area contributed by atoms with Gasteiger partial charge in [-0.25, -0.2) is 4.79 Å². The van der Waals surface area contributed by atoms with Gasteiger partial charge < -0.3 is 11.5 Å². The number of hydrogen-bond acceptors (Lipinski definition) is 3. The molecule has 0 fully saturated rings. The van der Waals surface area contributed by atoms with Crippen LogP contribution in [0.4, 0.5) is 16.3 Å². The van der Waals surface area contributed by atoms with Gasteiger partial charge in [0.05, 0.1) is 11.9 Å². The summed E-state index contributed by atoms with van der Waals surface area (Å²) in [6, 6.07) is 6.82. The first-order chi connectivity index (χ1) is 8.11. The highest BCUT2D eigenvalue weighted by atomic mass is 16.2. The van der Waals surface area contributed by atoms with Gasteiger partial charge in [-0.15, -0.1) is 0 Å². The molecule has 0 aliphatic heterocycles. The zero-order valence-corrected chi connectivity index (χ0v) is 9.34. The van der Waals surface area contributed by atoms with Crippen LogP contribution in [-0.2, 0) is 0 Å². The number of aromatic amines is 1. The van der Waals surface area contributed by atoms with E-state index in [4.69, 9.17) is 11.5 Å². The van der Waals surface area contributed by atoms with Crippen LogP contribution in [0, 0.1) is 0 Å². The molecule has 0 atom stereocenters. The Morgan fingerprint density at radius 1 is 1.35 bits per heavy atom. The van der Waals surface area contributed by atoms with Gasteiger partial charge in [0.1, 0.15) is 5.82 Å². The summed E-state index contributed by atoms with van der Waals surface area (Å²) in [5, 5.41) is 6.51. The van der Waals surface area contributed by atoms with Crippen LogP contribution < -0.4 is 16.4 Å². The topological polar surface area (TPSA) is 101 Å². The second-order valence-corrected chi connectivity index (χ2v) is 3.61. The average molecular weight is 231 g/mol. The highest BCUT2D eigenvalue weighted by Gasteiger charge is 2.14. The van der Waals surface area contributed by atoms with E-state index in [1.165, 1.54) is 4.90 Å². The van der Waals surface area contributed by atoms with Crippen LogP contribution in [0.5, 0.6) is 0 Å². The van der Waals surface area contributed by atoms with Gasteiger partial charge in [-0.1, -0.05) is 18.2 Å². The predicted molar refractivity (Wildman–Crippen MR) is 66.4 cm³/mol. The molecule has 0 aliphatic rings. The maximum atomic E-state index is 11.2. The normalized spacial score (nSPS) is 10.2. The molecule has 0 saturated carbocycles. The summed E-state index contributed by atoms with van der Waals surface area (Å²) in [5.74, 6) is 0.454. The number of anilines is 2. The van der Waals surface area contributed by atoms with Crippen molar-refractivity contribution in [3.8, 4) is 11.1 Å². The van der Waals surface area contributed by atoms with E-state index in [2.05, 4.69) is 10.2 Å². The lowest BCUT2D eigenvalue weighted by atomic mass is 10.1. The van der Waals surface area contributed by atoms with Crippen LogP contribution in [0.15, 0.2) is 30.5 Å². The van der Waals surface area contributed by atoms with Crippen LogP contribution in [0.25, 0.3) is 11.1 Å². The summed E-state index contributed by atoms with van der Waals surface area (Å²) in [6.45, 7) is 0. The summed E-state index contributed by atoms with van der Waals surface area (Å²) in [4.78, 5) is 12.6. The molecule has 0 bridgehead atoms. The molecule has 6 heteroatoms. The van der Waals surface area contributed by atoms with Gasteiger partial charge in [-0.3, -0.25) is 10.00 Å². The second kappa shape index (κ2) is 4.17. The number of carbonyl (C=O) groups excluding carboxylic acids is 1. The lowest BCUT2D eigenvalue weighted by molar-refractivity contribution is 0.255. The van der Waals surface area contributed by atoms with Gasteiger partial charge in [0.15, 0.2) is 0 Å². The Kier molecular flexibility index (Phi) is 2.70. The Morgan fingerprint density at radius 3 is 2.65 bits per heavy atom. The largest absolute Gasteiger partial charge is 0.384 e. The molecule has 1 aromatic carbocycles. The fourth-order valence-corrected chi connectivity index (χ4v) is 1.62. The number of urea groups is 1. The first-order valence-electron chi connectivity index (χ1n) is 5.02. The van der Waals surface area contributed by atoms with Crippen molar-refractivity contribution in [2.75, 3.05) is 17.7 Å². The third-order valence-electron chi connectivity index (χ3n) is 2.55. The molecule has 17 heavy (non-hydrogen) atoms. The molecule has 1 aromatic heterocycles. The number of para-hydroxylation sites is 1. The Hall–Kier alpha value is -2.50. The van der Waals surface area contributed by atoms with E-state index in [-0.39, 0.29) is 0 Å². The van der Waals surface area contributed by atoms with E-state index >= 15 is 0 Å². The summed E-state index contributed by atoms with van der Waals surface area (Å²) < 4.78 is 0. The quantitative estimate of drug-likeness (QED) is 0.723. The van der Waals surface area contributed by atoms with Crippen molar-refractivity contribution in [3.63, 3.8) is 0 Å². The summed E-state index contributed by atoms with van der Waals surface area (Å²) >= 11 is 0. The SMILES string of the molecule is CN(C(N)=O)c1ccccc1-c1cn[nH]c1N. The number of nitrogens with two attached hydrogens (primary N) is 2. The third kappa shape index (κ3) is 1.92. The molecule has 2 rings (SSSR count). The zero-order chi connectivity index (χ0) is 12.4. The zero-order valence-electron chi connectivity index (χ0n) is 9.34. The van der Waals surface area contributed by atoms with Crippen LogP contribution >= 0.6 is 0 Å². The number of benzene rings is 1. The van der Waals surface area contributed by atoms with Crippen molar-refractivity contribution < 1.29 is 4.79 Å². The minimum absolute atomic E-state index is 0.454. The monoisotopic (exact) mass is 231 g/mol. The van der Waals surface area contributed by atoms with E-state index in [9.17, 15) is 4.79 Å². The van der Waals surface area contributed by atoms with Crippen molar-refractivity contribution in [3.05, 3.63) is 30.5 Å². The number of amides is 2. The van der Waals surface area contributed by atoms with Gasteiger partial charge in [0.2, 0.25) is 0 Å². The highest BCUT2D eigenvalue weighted by Crippen LogP contribution is 2.32.